The molecule has 0 unspecified atom stereocenters. The first-order valence-electron chi connectivity index (χ1n) is 15.4. The molecule has 0 spiro atoms. The van der Waals surface area contributed by atoms with Crippen molar-refractivity contribution in [2.75, 3.05) is 37.4 Å². The van der Waals surface area contributed by atoms with Gasteiger partial charge in [-0.05, 0) is 78.6 Å². The molecule has 1 saturated heterocycles. The number of nitrogens with zero attached hydrogens (tertiary/aromatic N) is 1. The van der Waals surface area contributed by atoms with Crippen molar-refractivity contribution in [1.82, 2.24) is 10.6 Å². The van der Waals surface area contributed by atoms with Gasteiger partial charge in [-0.3, -0.25) is 18.2 Å². The molecule has 1 heterocycles. The Bertz CT molecular complexity index is 1380. The zero-order chi connectivity index (χ0) is 31.1. The van der Waals surface area contributed by atoms with Gasteiger partial charge in [-0.15, -0.1) is 23.2 Å². The summed E-state index contributed by atoms with van der Waals surface area (Å²) in [4.78, 5) is 13.9. The second-order valence-corrected chi connectivity index (χ2v) is 13.9. The fourth-order valence-electron chi connectivity index (χ4n) is 6.24. The molecule has 2 aliphatic rings. The van der Waals surface area contributed by atoms with E-state index < -0.39 is 22.9 Å². The van der Waals surface area contributed by atoms with Gasteiger partial charge in [0.1, 0.15) is 11.5 Å². The van der Waals surface area contributed by atoms with Crippen molar-refractivity contribution >= 4 is 34.8 Å². The van der Waals surface area contributed by atoms with E-state index in [4.69, 9.17) is 9.47 Å². The van der Waals surface area contributed by atoms with Gasteiger partial charge in [0, 0.05) is 31.3 Å². The lowest BCUT2D eigenvalue weighted by atomic mass is 9.94. The van der Waals surface area contributed by atoms with Gasteiger partial charge in [-0.2, -0.15) is 0 Å². The lowest BCUT2D eigenvalue weighted by Crippen LogP contribution is -2.48. The molecular formula is C34H46ClN3O6S. The normalized spacial score (nSPS) is 18.1. The Balaban J connectivity index is 0.00000461. The standard InChI is InChI=1S/C34H45N3O6S.ClH/c1-42-30-15-25(16-31(21-30)43-2)22-35-23-33(38)32(17-24-9-4-3-5-10-24)36-34(39)28-18-27(26-11-6-7-12-26)19-29(20-28)37-13-8-14-44(37,40)41;/h3-5,9-10,15-16,18-21,26,32-33,35,38,40-41H,6-8,11-14,17,22-23H2,1-2H3,(H,36,39);1H/t32-,33-;/m0./s1. The number of hydrogen-bond donors (Lipinski definition) is 5. The summed E-state index contributed by atoms with van der Waals surface area (Å²) in [5.74, 6) is 1.76. The van der Waals surface area contributed by atoms with E-state index in [1.807, 2.05) is 60.7 Å². The van der Waals surface area contributed by atoms with Gasteiger partial charge in [-0.25, -0.2) is 0 Å². The summed E-state index contributed by atoms with van der Waals surface area (Å²) in [5, 5.41) is 17.8. The van der Waals surface area contributed by atoms with Crippen LogP contribution in [0.2, 0.25) is 0 Å². The minimum atomic E-state index is -2.90. The van der Waals surface area contributed by atoms with E-state index in [1.54, 1.807) is 24.6 Å². The Hall–Kier alpha value is -2.99. The van der Waals surface area contributed by atoms with E-state index in [1.165, 1.54) is 0 Å². The van der Waals surface area contributed by atoms with Crippen LogP contribution in [-0.2, 0) is 13.0 Å². The minimum Gasteiger partial charge on any atom is -0.497 e. The summed E-state index contributed by atoms with van der Waals surface area (Å²) in [6, 6.07) is 20.6. The third kappa shape index (κ3) is 9.06. The number of ether oxygens (including phenoxy) is 2. The molecule has 246 valence electrons. The molecule has 9 nitrogen and oxygen atoms in total. The number of carbonyl (C=O) groups is 1. The molecule has 1 saturated carbocycles. The third-order valence-corrected chi connectivity index (χ3v) is 10.6. The van der Waals surface area contributed by atoms with Crippen LogP contribution in [0.5, 0.6) is 11.5 Å². The summed E-state index contributed by atoms with van der Waals surface area (Å²) in [6.45, 7) is 1.27. The van der Waals surface area contributed by atoms with Gasteiger partial charge in [0.05, 0.1) is 37.8 Å². The van der Waals surface area contributed by atoms with Crippen LogP contribution in [0.1, 0.15) is 65.1 Å². The monoisotopic (exact) mass is 659 g/mol. The van der Waals surface area contributed by atoms with Crippen LogP contribution in [0.4, 0.5) is 5.69 Å². The van der Waals surface area contributed by atoms with Crippen molar-refractivity contribution < 1.29 is 28.5 Å². The summed E-state index contributed by atoms with van der Waals surface area (Å²) in [6.07, 6.45) is 4.67. The van der Waals surface area contributed by atoms with E-state index in [0.29, 0.717) is 60.4 Å². The van der Waals surface area contributed by atoms with Crippen LogP contribution in [0.15, 0.2) is 66.7 Å². The Kier molecular flexibility index (Phi) is 12.4. The largest absolute Gasteiger partial charge is 0.497 e. The fourth-order valence-corrected chi connectivity index (χ4v) is 7.84. The number of methoxy groups -OCH3 is 2. The van der Waals surface area contributed by atoms with Gasteiger partial charge in [0.2, 0.25) is 0 Å². The fraction of sp³-hybridized carbons (Fsp3) is 0.441. The van der Waals surface area contributed by atoms with Crippen molar-refractivity contribution in [3.8, 4) is 11.5 Å². The van der Waals surface area contributed by atoms with Crippen LogP contribution in [0, 0.1) is 0 Å². The summed E-state index contributed by atoms with van der Waals surface area (Å²) in [5.41, 5.74) is 4.14. The summed E-state index contributed by atoms with van der Waals surface area (Å²) in [7, 11) is 0.308. The lowest BCUT2D eigenvalue weighted by molar-refractivity contribution is 0.0830. The highest BCUT2D eigenvalue weighted by molar-refractivity contribution is 8.25. The van der Waals surface area contributed by atoms with E-state index in [0.717, 1.165) is 42.4 Å². The number of aliphatic hydroxyl groups is 1. The molecule has 1 aliphatic carbocycles. The molecule has 0 radical (unpaired) electrons. The van der Waals surface area contributed by atoms with Crippen LogP contribution in [0.25, 0.3) is 0 Å². The van der Waals surface area contributed by atoms with Crippen LogP contribution in [0.3, 0.4) is 0 Å². The van der Waals surface area contributed by atoms with Crippen LogP contribution < -0.4 is 24.4 Å². The Morgan fingerprint density at radius 3 is 2.27 bits per heavy atom. The molecule has 2 atom stereocenters. The quantitative estimate of drug-likeness (QED) is 0.148. The topological polar surface area (TPSA) is 124 Å². The molecule has 3 aromatic carbocycles. The van der Waals surface area contributed by atoms with E-state index in [2.05, 4.69) is 10.6 Å². The molecule has 5 N–H and O–H groups in total. The first-order chi connectivity index (χ1) is 21.3. The first-order valence-corrected chi connectivity index (χ1v) is 17.1. The number of halogens is 1. The zero-order valence-corrected chi connectivity index (χ0v) is 27.6. The van der Waals surface area contributed by atoms with Crippen LogP contribution >= 0.6 is 23.2 Å². The highest BCUT2D eigenvalue weighted by atomic mass is 35.5. The molecule has 2 fully saturated rings. The molecule has 11 heteroatoms. The maximum Gasteiger partial charge on any atom is 0.251 e. The Morgan fingerprint density at radius 1 is 0.956 bits per heavy atom. The van der Waals surface area contributed by atoms with Crippen molar-refractivity contribution in [2.24, 2.45) is 0 Å². The van der Waals surface area contributed by atoms with Gasteiger partial charge < -0.3 is 25.2 Å². The number of nitrogens with one attached hydrogen (secondary N) is 2. The minimum absolute atomic E-state index is 0. The number of carbonyl (C=O) groups excluding carboxylic acids is 1. The van der Waals surface area contributed by atoms with E-state index >= 15 is 0 Å². The molecule has 45 heavy (non-hydrogen) atoms. The smallest absolute Gasteiger partial charge is 0.251 e. The van der Waals surface area contributed by atoms with Gasteiger partial charge >= 0.3 is 0 Å². The lowest BCUT2D eigenvalue weighted by Gasteiger charge is -2.38. The van der Waals surface area contributed by atoms with Crippen molar-refractivity contribution in [2.45, 2.75) is 63.1 Å². The van der Waals surface area contributed by atoms with Gasteiger partial charge in [0.15, 0.2) is 0 Å². The molecule has 1 amide bonds. The molecular weight excluding hydrogens is 614 g/mol. The van der Waals surface area contributed by atoms with Crippen molar-refractivity contribution in [3.63, 3.8) is 0 Å². The molecule has 0 bridgehead atoms. The Morgan fingerprint density at radius 2 is 1.64 bits per heavy atom. The number of anilines is 1. The van der Waals surface area contributed by atoms with Crippen molar-refractivity contribution in [1.29, 1.82) is 0 Å². The highest BCUT2D eigenvalue weighted by Crippen LogP contribution is 2.51. The predicted octanol–water partition coefficient (Wildman–Crippen LogP) is 6.15. The maximum atomic E-state index is 13.9. The SMILES string of the molecule is COc1cc(CNC[C@H](O)[C@H](Cc2ccccc2)NC(=O)c2cc(C3CCCC3)cc(N3CCCS3(O)O)c2)cc(OC)c1.Cl. The molecule has 5 rings (SSSR count). The number of aliphatic hydroxyl groups excluding tert-OH is 1. The zero-order valence-electron chi connectivity index (χ0n) is 26.0. The second-order valence-electron chi connectivity index (χ2n) is 11.8. The molecule has 3 aromatic rings. The second kappa shape index (κ2) is 16.0. The van der Waals surface area contributed by atoms with Gasteiger partial charge in [-0.1, -0.05) is 43.2 Å². The maximum absolute atomic E-state index is 13.9. The third-order valence-electron chi connectivity index (χ3n) is 8.62. The number of hydrogen-bond acceptors (Lipinski definition) is 8. The predicted molar refractivity (Wildman–Crippen MR) is 183 cm³/mol. The molecule has 1 aliphatic heterocycles. The number of rotatable bonds is 13. The van der Waals surface area contributed by atoms with Gasteiger partial charge in [0.25, 0.3) is 5.91 Å². The average molecular weight is 660 g/mol. The number of amides is 1. The highest BCUT2D eigenvalue weighted by Gasteiger charge is 2.31. The first kappa shape index (κ1) is 34.9. The van der Waals surface area contributed by atoms with E-state index in [-0.39, 0.29) is 24.9 Å². The van der Waals surface area contributed by atoms with Crippen molar-refractivity contribution in [3.05, 3.63) is 89.0 Å². The van der Waals surface area contributed by atoms with E-state index in [9.17, 15) is 19.0 Å². The number of benzene rings is 3. The van der Waals surface area contributed by atoms with Crippen LogP contribution in [-0.4, -0.2) is 65.3 Å². The summed E-state index contributed by atoms with van der Waals surface area (Å²) < 4.78 is 33.8. The Labute approximate surface area is 274 Å². The molecule has 0 aromatic heterocycles. The average Bonchev–Trinajstić information content (AvgIpc) is 3.70. The summed E-state index contributed by atoms with van der Waals surface area (Å²) >= 11 is 0.